The second kappa shape index (κ2) is 6.44. The smallest absolute Gasteiger partial charge is 0.134 e. The number of para-hydroxylation sites is 1. The summed E-state index contributed by atoms with van der Waals surface area (Å²) >= 11 is 9.80. The molecule has 5 heteroatoms. The van der Waals surface area contributed by atoms with Crippen molar-refractivity contribution in [2.75, 3.05) is 0 Å². The zero-order chi connectivity index (χ0) is 13.8. The molecule has 0 N–H and O–H groups in total. The van der Waals surface area contributed by atoms with Gasteiger partial charge in [-0.25, -0.2) is 0 Å². The van der Waals surface area contributed by atoms with Crippen LogP contribution in [0.3, 0.4) is 0 Å². The maximum Gasteiger partial charge on any atom is 0.134 e. The van der Waals surface area contributed by atoms with Crippen molar-refractivity contribution in [2.24, 2.45) is 0 Å². The lowest BCUT2D eigenvalue weighted by molar-refractivity contribution is 0.291. The zero-order valence-electron chi connectivity index (χ0n) is 11.0. The molecule has 0 aliphatic carbocycles. The molecule has 19 heavy (non-hydrogen) atoms. The van der Waals surface area contributed by atoms with E-state index in [2.05, 4.69) is 21.0 Å². The summed E-state index contributed by atoms with van der Waals surface area (Å²) in [6.07, 6.45) is 0.827. The topological polar surface area (TPSA) is 27.1 Å². The Morgan fingerprint density at radius 1 is 1.32 bits per heavy atom. The third-order valence-corrected chi connectivity index (χ3v) is 3.99. The normalized spacial score (nSPS) is 10.7. The molecule has 2 rings (SSSR count). The van der Waals surface area contributed by atoms with E-state index in [-0.39, 0.29) is 0 Å². The molecule has 0 amide bonds. The molecule has 0 fully saturated rings. The van der Waals surface area contributed by atoms with Gasteiger partial charge in [0.2, 0.25) is 0 Å². The second-order valence-corrected chi connectivity index (χ2v) is 5.33. The molecular weight excluding hydrogens is 328 g/mol. The van der Waals surface area contributed by atoms with E-state index in [4.69, 9.17) is 16.3 Å². The summed E-state index contributed by atoms with van der Waals surface area (Å²) < 4.78 is 8.65. The van der Waals surface area contributed by atoms with Gasteiger partial charge in [-0.2, -0.15) is 5.10 Å². The van der Waals surface area contributed by atoms with Crippen molar-refractivity contribution < 1.29 is 4.74 Å². The predicted molar refractivity (Wildman–Crippen MR) is 80.8 cm³/mol. The Kier molecular flexibility index (Phi) is 4.88. The van der Waals surface area contributed by atoms with Crippen LogP contribution in [0.2, 0.25) is 5.02 Å². The molecule has 3 nitrogen and oxygen atoms in total. The van der Waals surface area contributed by atoms with Gasteiger partial charge in [0.25, 0.3) is 0 Å². The van der Waals surface area contributed by atoms with E-state index >= 15 is 0 Å². The standard InChI is InChI=1S/C14H16BrClN2O/c1-3-11-14(16)12(18(4-2)17-11)9-19-13-8-6-5-7-10(13)15/h5-8H,3-4,9H2,1-2H3. The predicted octanol–water partition coefficient (Wildman–Crippen LogP) is 4.46. The maximum atomic E-state index is 6.34. The minimum atomic E-state index is 0.419. The van der Waals surface area contributed by atoms with Crippen LogP contribution in [0.4, 0.5) is 0 Å². The summed E-state index contributed by atoms with van der Waals surface area (Å²) in [5, 5.41) is 5.19. The van der Waals surface area contributed by atoms with E-state index in [0.717, 1.165) is 39.6 Å². The van der Waals surface area contributed by atoms with Crippen LogP contribution in [0.15, 0.2) is 28.7 Å². The fourth-order valence-corrected chi connectivity index (χ4v) is 2.59. The van der Waals surface area contributed by atoms with Crippen LogP contribution < -0.4 is 4.74 Å². The number of hydrogen-bond acceptors (Lipinski definition) is 2. The Bertz CT molecular complexity index is 569. The van der Waals surface area contributed by atoms with Crippen molar-refractivity contribution in [3.8, 4) is 5.75 Å². The highest BCUT2D eigenvalue weighted by atomic mass is 79.9. The maximum absolute atomic E-state index is 6.34. The molecule has 0 unspecified atom stereocenters. The average Bonchev–Trinajstić information content (AvgIpc) is 2.74. The molecule has 0 saturated heterocycles. The van der Waals surface area contributed by atoms with Gasteiger partial charge < -0.3 is 4.74 Å². The first-order valence-electron chi connectivity index (χ1n) is 6.28. The van der Waals surface area contributed by atoms with Crippen molar-refractivity contribution in [2.45, 2.75) is 33.4 Å². The number of hydrogen-bond donors (Lipinski definition) is 0. The first-order valence-corrected chi connectivity index (χ1v) is 7.45. The van der Waals surface area contributed by atoms with E-state index in [0.29, 0.717) is 6.61 Å². The zero-order valence-corrected chi connectivity index (χ0v) is 13.3. The molecular formula is C14H16BrClN2O. The minimum Gasteiger partial charge on any atom is -0.486 e. The monoisotopic (exact) mass is 342 g/mol. The van der Waals surface area contributed by atoms with E-state index in [1.165, 1.54) is 0 Å². The Labute approximate surface area is 126 Å². The molecule has 0 radical (unpaired) electrons. The van der Waals surface area contributed by atoms with Crippen molar-refractivity contribution >= 4 is 27.5 Å². The van der Waals surface area contributed by atoms with Gasteiger partial charge in [-0.05, 0) is 41.4 Å². The van der Waals surface area contributed by atoms with Crippen LogP contribution in [-0.2, 0) is 19.6 Å². The highest BCUT2D eigenvalue weighted by Crippen LogP contribution is 2.27. The largest absolute Gasteiger partial charge is 0.486 e. The van der Waals surface area contributed by atoms with E-state index in [1.807, 2.05) is 42.8 Å². The summed E-state index contributed by atoms with van der Waals surface area (Å²) in [6.45, 7) is 5.30. The first kappa shape index (κ1) is 14.4. The van der Waals surface area contributed by atoms with Gasteiger partial charge >= 0.3 is 0 Å². The van der Waals surface area contributed by atoms with Gasteiger partial charge in [0.1, 0.15) is 12.4 Å². The molecule has 1 heterocycles. The number of ether oxygens (including phenoxy) is 1. The fourth-order valence-electron chi connectivity index (χ4n) is 1.86. The molecule has 0 bridgehead atoms. The van der Waals surface area contributed by atoms with Gasteiger partial charge in [-0.3, -0.25) is 4.68 Å². The Hall–Kier alpha value is -1.000. The number of aryl methyl sites for hydroxylation is 2. The van der Waals surface area contributed by atoms with Crippen LogP contribution in [0.1, 0.15) is 25.2 Å². The lowest BCUT2D eigenvalue weighted by Gasteiger charge is -2.09. The van der Waals surface area contributed by atoms with Gasteiger partial charge in [-0.15, -0.1) is 0 Å². The van der Waals surface area contributed by atoms with Crippen LogP contribution in [-0.4, -0.2) is 9.78 Å². The molecule has 0 aliphatic rings. The summed E-state index contributed by atoms with van der Waals surface area (Å²) in [6, 6.07) is 7.77. The quantitative estimate of drug-likeness (QED) is 0.801. The van der Waals surface area contributed by atoms with E-state index in [1.54, 1.807) is 0 Å². The summed E-state index contributed by atoms with van der Waals surface area (Å²) in [5.74, 6) is 0.806. The number of benzene rings is 1. The number of rotatable bonds is 5. The molecule has 0 aliphatic heterocycles. The van der Waals surface area contributed by atoms with E-state index < -0.39 is 0 Å². The van der Waals surface area contributed by atoms with Crippen molar-refractivity contribution in [3.63, 3.8) is 0 Å². The minimum absolute atomic E-state index is 0.419. The molecule has 1 aromatic carbocycles. The highest BCUT2D eigenvalue weighted by molar-refractivity contribution is 9.10. The van der Waals surface area contributed by atoms with E-state index in [9.17, 15) is 0 Å². The van der Waals surface area contributed by atoms with Crippen molar-refractivity contribution in [1.82, 2.24) is 9.78 Å². The number of nitrogens with zero attached hydrogens (tertiary/aromatic N) is 2. The second-order valence-electron chi connectivity index (χ2n) is 4.10. The number of halogens is 2. The lowest BCUT2D eigenvalue weighted by Crippen LogP contribution is -2.06. The summed E-state index contributed by atoms with van der Waals surface area (Å²) in [7, 11) is 0. The Balaban J connectivity index is 2.20. The van der Waals surface area contributed by atoms with Crippen LogP contribution in [0.25, 0.3) is 0 Å². The molecule has 0 spiro atoms. The summed E-state index contributed by atoms with van der Waals surface area (Å²) in [5.41, 5.74) is 1.85. The van der Waals surface area contributed by atoms with Crippen LogP contribution in [0.5, 0.6) is 5.75 Å². The highest BCUT2D eigenvalue weighted by Gasteiger charge is 2.15. The van der Waals surface area contributed by atoms with Gasteiger partial charge in [0.05, 0.1) is 20.9 Å². The van der Waals surface area contributed by atoms with Crippen LogP contribution >= 0.6 is 27.5 Å². The van der Waals surface area contributed by atoms with Crippen molar-refractivity contribution in [1.29, 1.82) is 0 Å². The number of aromatic nitrogens is 2. The molecule has 2 aromatic rings. The molecule has 102 valence electrons. The third-order valence-electron chi connectivity index (χ3n) is 2.90. The molecule has 1 aromatic heterocycles. The lowest BCUT2D eigenvalue weighted by atomic mass is 10.3. The molecule has 0 atom stereocenters. The van der Waals surface area contributed by atoms with Gasteiger partial charge in [0, 0.05) is 6.54 Å². The first-order chi connectivity index (χ1) is 9.17. The Morgan fingerprint density at radius 2 is 2.05 bits per heavy atom. The SMILES string of the molecule is CCc1nn(CC)c(COc2ccccc2Br)c1Cl. The van der Waals surface area contributed by atoms with Gasteiger partial charge in [0.15, 0.2) is 0 Å². The average molecular weight is 344 g/mol. The summed E-state index contributed by atoms with van der Waals surface area (Å²) in [4.78, 5) is 0. The molecule has 0 saturated carbocycles. The van der Waals surface area contributed by atoms with Crippen LogP contribution in [0, 0.1) is 0 Å². The third kappa shape index (κ3) is 3.12. The fraction of sp³-hybridized carbons (Fsp3) is 0.357. The Morgan fingerprint density at radius 3 is 2.68 bits per heavy atom. The van der Waals surface area contributed by atoms with Crippen molar-refractivity contribution in [3.05, 3.63) is 45.1 Å². The van der Waals surface area contributed by atoms with Gasteiger partial charge in [-0.1, -0.05) is 30.7 Å².